The van der Waals surface area contributed by atoms with Crippen LogP contribution in [0.4, 0.5) is 5.82 Å². The van der Waals surface area contributed by atoms with Gasteiger partial charge in [-0.05, 0) is 17.9 Å². The van der Waals surface area contributed by atoms with Crippen molar-refractivity contribution in [1.82, 2.24) is 9.97 Å². The smallest absolute Gasteiger partial charge is 0.129 e. The van der Waals surface area contributed by atoms with Gasteiger partial charge in [0, 0.05) is 23.6 Å². The molecular weight excluding hydrogens is 206 g/mol. The summed E-state index contributed by atoms with van der Waals surface area (Å²) in [5, 5.41) is 7.39. The molecule has 1 N–H and O–H groups in total. The molecule has 2 heterocycles. The summed E-state index contributed by atoms with van der Waals surface area (Å²) >= 11 is 1.68. The predicted octanol–water partition coefficient (Wildman–Crippen LogP) is 3.03. The van der Waals surface area contributed by atoms with Crippen molar-refractivity contribution >= 4 is 17.2 Å². The van der Waals surface area contributed by atoms with Crippen LogP contribution in [0.25, 0.3) is 11.3 Å². The van der Waals surface area contributed by atoms with Gasteiger partial charge in [0.05, 0.1) is 5.69 Å². The van der Waals surface area contributed by atoms with E-state index in [2.05, 4.69) is 39.0 Å². The normalized spacial score (nSPS) is 10.2. The number of nitrogens with one attached hydrogen (secondary N) is 1. The van der Waals surface area contributed by atoms with Crippen LogP contribution in [0.3, 0.4) is 0 Å². The highest BCUT2D eigenvalue weighted by molar-refractivity contribution is 7.08. The van der Waals surface area contributed by atoms with E-state index < -0.39 is 0 Å². The SMILES string of the molecule is CCCNc1cc(-c2ccsc2)ncn1. The maximum absolute atomic E-state index is 4.25. The number of anilines is 1. The van der Waals surface area contributed by atoms with Gasteiger partial charge in [-0.25, -0.2) is 9.97 Å². The largest absolute Gasteiger partial charge is 0.370 e. The Balaban J connectivity index is 2.19. The van der Waals surface area contributed by atoms with Gasteiger partial charge in [-0.2, -0.15) is 11.3 Å². The summed E-state index contributed by atoms with van der Waals surface area (Å²) in [5.41, 5.74) is 2.13. The van der Waals surface area contributed by atoms with Crippen molar-refractivity contribution in [2.24, 2.45) is 0 Å². The van der Waals surface area contributed by atoms with Crippen molar-refractivity contribution in [3.63, 3.8) is 0 Å². The molecule has 0 atom stereocenters. The Morgan fingerprint density at radius 1 is 1.40 bits per heavy atom. The molecule has 0 amide bonds. The summed E-state index contributed by atoms with van der Waals surface area (Å²) in [5.74, 6) is 0.896. The van der Waals surface area contributed by atoms with E-state index in [1.165, 1.54) is 0 Å². The van der Waals surface area contributed by atoms with Gasteiger partial charge >= 0.3 is 0 Å². The minimum atomic E-state index is 0.896. The first-order valence-corrected chi connectivity index (χ1v) is 5.93. The van der Waals surface area contributed by atoms with E-state index in [1.807, 2.05) is 6.07 Å². The molecule has 2 aromatic rings. The van der Waals surface area contributed by atoms with Gasteiger partial charge < -0.3 is 5.32 Å². The highest BCUT2D eigenvalue weighted by Crippen LogP contribution is 2.20. The second-order valence-corrected chi connectivity index (χ2v) is 4.01. The molecular formula is C11H13N3S. The van der Waals surface area contributed by atoms with E-state index >= 15 is 0 Å². The van der Waals surface area contributed by atoms with Crippen molar-refractivity contribution < 1.29 is 0 Å². The van der Waals surface area contributed by atoms with E-state index in [0.717, 1.165) is 30.0 Å². The average molecular weight is 219 g/mol. The van der Waals surface area contributed by atoms with Crippen molar-refractivity contribution in [3.8, 4) is 11.3 Å². The van der Waals surface area contributed by atoms with Crippen molar-refractivity contribution in [2.75, 3.05) is 11.9 Å². The third kappa shape index (κ3) is 2.53. The summed E-state index contributed by atoms with van der Waals surface area (Å²) in [4.78, 5) is 8.41. The van der Waals surface area contributed by atoms with Crippen molar-refractivity contribution in [3.05, 3.63) is 29.2 Å². The van der Waals surface area contributed by atoms with E-state index in [-0.39, 0.29) is 0 Å². The zero-order chi connectivity index (χ0) is 10.5. The second kappa shape index (κ2) is 4.89. The molecule has 0 bridgehead atoms. The molecule has 0 saturated carbocycles. The first-order valence-electron chi connectivity index (χ1n) is 4.98. The maximum Gasteiger partial charge on any atom is 0.129 e. The van der Waals surface area contributed by atoms with Crippen molar-refractivity contribution in [1.29, 1.82) is 0 Å². The van der Waals surface area contributed by atoms with Crippen LogP contribution in [-0.2, 0) is 0 Å². The third-order valence-electron chi connectivity index (χ3n) is 2.04. The van der Waals surface area contributed by atoms with Crippen LogP contribution < -0.4 is 5.32 Å². The molecule has 0 radical (unpaired) electrons. The minimum absolute atomic E-state index is 0.896. The average Bonchev–Trinajstić information content (AvgIpc) is 2.80. The van der Waals surface area contributed by atoms with Gasteiger partial charge in [0.1, 0.15) is 12.1 Å². The zero-order valence-electron chi connectivity index (χ0n) is 8.60. The number of thiophene rings is 1. The summed E-state index contributed by atoms with van der Waals surface area (Å²) < 4.78 is 0. The standard InChI is InChI=1S/C11H13N3S/c1-2-4-12-11-6-10(13-8-14-11)9-3-5-15-7-9/h3,5-8H,2,4H2,1H3,(H,12,13,14). The van der Waals surface area contributed by atoms with E-state index in [9.17, 15) is 0 Å². The number of hydrogen-bond acceptors (Lipinski definition) is 4. The van der Waals surface area contributed by atoms with E-state index in [1.54, 1.807) is 17.7 Å². The van der Waals surface area contributed by atoms with Gasteiger partial charge in [0.25, 0.3) is 0 Å². The summed E-state index contributed by atoms with van der Waals surface area (Å²) in [6.07, 6.45) is 2.70. The highest BCUT2D eigenvalue weighted by Gasteiger charge is 2.01. The lowest BCUT2D eigenvalue weighted by Crippen LogP contribution is -2.02. The van der Waals surface area contributed by atoms with E-state index in [4.69, 9.17) is 0 Å². The van der Waals surface area contributed by atoms with Gasteiger partial charge in [0.2, 0.25) is 0 Å². The molecule has 2 aromatic heterocycles. The fraction of sp³-hybridized carbons (Fsp3) is 0.273. The molecule has 4 heteroatoms. The molecule has 0 aliphatic carbocycles. The van der Waals surface area contributed by atoms with Crippen LogP contribution >= 0.6 is 11.3 Å². The van der Waals surface area contributed by atoms with Crippen LogP contribution in [0.1, 0.15) is 13.3 Å². The van der Waals surface area contributed by atoms with Crippen molar-refractivity contribution in [2.45, 2.75) is 13.3 Å². The Labute approximate surface area is 93.2 Å². The Kier molecular flexibility index (Phi) is 3.29. The van der Waals surface area contributed by atoms with Gasteiger partial charge in [-0.3, -0.25) is 0 Å². The van der Waals surface area contributed by atoms with E-state index in [0.29, 0.717) is 0 Å². The Morgan fingerprint density at radius 2 is 2.33 bits per heavy atom. The Hall–Kier alpha value is -1.42. The van der Waals surface area contributed by atoms with Crippen LogP contribution in [0, 0.1) is 0 Å². The zero-order valence-corrected chi connectivity index (χ0v) is 9.42. The molecule has 0 aromatic carbocycles. The summed E-state index contributed by atoms with van der Waals surface area (Å²) in [6, 6.07) is 4.05. The molecule has 3 nitrogen and oxygen atoms in total. The molecule has 2 rings (SSSR count). The van der Waals surface area contributed by atoms with Gasteiger partial charge in [-0.15, -0.1) is 0 Å². The highest BCUT2D eigenvalue weighted by atomic mass is 32.1. The van der Waals surface area contributed by atoms with Gasteiger partial charge in [0.15, 0.2) is 0 Å². The Morgan fingerprint density at radius 3 is 3.07 bits per heavy atom. The van der Waals surface area contributed by atoms with Crippen LogP contribution in [0.5, 0.6) is 0 Å². The topological polar surface area (TPSA) is 37.8 Å². The molecule has 15 heavy (non-hydrogen) atoms. The molecule has 0 aliphatic heterocycles. The van der Waals surface area contributed by atoms with Crippen LogP contribution in [0.15, 0.2) is 29.2 Å². The first kappa shape index (κ1) is 10.1. The quantitative estimate of drug-likeness (QED) is 0.859. The molecule has 0 aliphatic rings. The summed E-state index contributed by atoms with van der Waals surface area (Å²) in [7, 11) is 0. The first-order chi connectivity index (χ1) is 7.40. The predicted molar refractivity (Wildman–Crippen MR) is 64.1 cm³/mol. The third-order valence-corrected chi connectivity index (χ3v) is 2.72. The molecule has 0 unspecified atom stereocenters. The maximum atomic E-state index is 4.25. The lowest BCUT2D eigenvalue weighted by Gasteiger charge is -2.04. The molecule has 78 valence electrons. The Bertz CT molecular complexity index is 412. The minimum Gasteiger partial charge on any atom is -0.370 e. The van der Waals surface area contributed by atoms with Crippen LogP contribution in [-0.4, -0.2) is 16.5 Å². The lowest BCUT2D eigenvalue weighted by molar-refractivity contribution is 0.965. The molecule has 0 spiro atoms. The number of aromatic nitrogens is 2. The molecule has 0 fully saturated rings. The monoisotopic (exact) mass is 219 g/mol. The number of hydrogen-bond donors (Lipinski definition) is 1. The summed E-state index contributed by atoms with van der Waals surface area (Å²) in [6.45, 7) is 3.08. The molecule has 0 saturated heterocycles. The number of rotatable bonds is 4. The van der Waals surface area contributed by atoms with Crippen LogP contribution in [0.2, 0.25) is 0 Å². The fourth-order valence-electron chi connectivity index (χ4n) is 1.28. The number of nitrogens with zero attached hydrogens (tertiary/aromatic N) is 2. The fourth-order valence-corrected chi connectivity index (χ4v) is 1.92. The second-order valence-electron chi connectivity index (χ2n) is 3.23. The lowest BCUT2D eigenvalue weighted by atomic mass is 10.2. The van der Waals surface area contributed by atoms with Gasteiger partial charge in [-0.1, -0.05) is 6.92 Å².